The van der Waals surface area contributed by atoms with E-state index in [4.69, 9.17) is 4.74 Å². The molecule has 0 radical (unpaired) electrons. The Morgan fingerprint density at radius 1 is 1.17 bits per heavy atom. The van der Waals surface area contributed by atoms with E-state index < -0.39 is 0 Å². The average molecular weight is 478 g/mol. The number of halogens is 1. The van der Waals surface area contributed by atoms with Crippen LogP contribution in [0, 0.1) is 11.7 Å². The fraction of sp³-hybridized carbons (Fsp3) is 0.357. The lowest BCUT2D eigenvalue weighted by atomic mass is 9.99. The van der Waals surface area contributed by atoms with Crippen LogP contribution >= 0.6 is 0 Å². The second-order valence-corrected chi connectivity index (χ2v) is 9.36. The molecule has 6 nitrogen and oxygen atoms in total. The lowest BCUT2D eigenvalue weighted by Crippen LogP contribution is -2.49. The summed E-state index contributed by atoms with van der Waals surface area (Å²) >= 11 is 0. The SMILES string of the molecule is C[C@H](CO)N1C[C@H](C)[C@@H](CN(C)Cc2ccccc2)Oc2ncc(-c3ccccc3F)cc2C1=O. The maximum absolute atomic E-state index is 14.5. The highest BCUT2D eigenvalue weighted by atomic mass is 19.1. The number of hydrogen-bond donors (Lipinski definition) is 1. The Morgan fingerprint density at radius 3 is 2.60 bits per heavy atom. The van der Waals surface area contributed by atoms with E-state index in [1.807, 2.05) is 39.1 Å². The zero-order chi connectivity index (χ0) is 24.9. The fourth-order valence-corrected chi connectivity index (χ4v) is 4.43. The van der Waals surface area contributed by atoms with Gasteiger partial charge in [-0.25, -0.2) is 9.37 Å². The Labute approximate surface area is 206 Å². The van der Waals surface area contributed by atoms with Crippen LogP contribution in [-0.2, 0) is 6.54 Å². The van der Waals surface area contributed by atoms with Gasteiger partial charge in [0.25, 0.3) is 5.91 Å². The summed E-state index contributed by atoms with van der Waals surface area (Å²) in [6, 6.07) is 17.9. The van der Waals surface area contributed by atoms with Crippen LogP contribution in [0.15, 0.2) is 66.9 Å². The topological polar surface area (TPSA) is 65.9 Å². The van der Waals surface area contributed by atoms with Gasteiger partial charge in [0.05, 0.1) is 12.6 Å². The van der Waals surface area contributed by atoms with Crippen LogP contribution in [0.2, 0.25) is 0 Å². The smallest absolute Gasteiger partial charge is 0.259 e. The highest BCUT2D eigenvalue weighted by molar-refractivity contribution is 5.98. The van der Waals surface area contributed by atoms with E-state index in [0.717, 1.165) is 6.54 Å². The Morgan fingerprint density at radius 2 is 1.89 bits per heavy atom. The van der Waals surface area contributed by atoms with Crippen molar-refractivity contribution in [1.29, 1.82) is 0 Å². The number of pyridine rings is 1. The van der Waals surface area contributed by atoms with Crippen molar-refractivity contribution >= 4 is 5.91 Å². The van der Waals surface area contributed by atoms with Crippen molar-refractivity contribution in [3.8, 4) is 17.0 Å². The Kier molecular flexibility index (Phi) is 7.78. The summed E-state index contributed by atoms with van der Waals surface area (Å²) < 4.78 is 20.8. The molecule has 1 amide bonds. The van der Waals surface area contributed by atoms with Crippen molar-refractivity contribution in [3.63, 3.8) is 0 Å². The van der Waals surface area contributed by atoms with Crippen molar-refractivity contribution in [2.24, 2.45) is 5.92 Å². The van der Waals surface area contributed by atoms with Crippen molar-refractivity contribution < 1.29 is 19.0 Å². The molecule has 35 heavy (non-hydrogen) atoms. The molecule has 0 spiro atoms. The van der Waals surface area contributed by atoms with Crippen molar-refractivity contribution in [1.82, 2.24) is 14.8 Å². The predicted molar refractivity (Wildman–Crippen MR) is 134 cm³/mol. The second kappa shape index (κ2) is 11.0. The second-order valence-electron chi connectivity index (χ2n) is 9.36. The normalized spacial score (nSPS) is 19.0. The summed E-state index contributed by atoms with van der Waals surface area (Å²) in [7, 11) is 2.04. The first kappa shape index (κ1) is 24.8. The van der Waals surface area contributed by atoms with Crippen LogP contribution in [-0.4, -0.2) is 64.7 Å². The Balaban J connectivity index is 1.67. The number of aliphatic hydroxyl groups excluding tert-OH is 1. The van der Waals surface area contributed by atoms with Gasteiger partial charge in [-0.3, -0.25) is 9.69 Å². The number of fused-ring (bicyclic) bond motifs is 1. The monoisotopic (exact) mass is 477 g/mol. The number of carbonyl (C=O) groups excluding carboxylic acids is 1. The van der Waals surface area contributed by atoms with Gasteiger partial charge in [0.15, 0.2) is 0 Å². The largest absolute Gasteiger partial charge is 0.472 e. The highest BCUT2D eigenvalue weighted by Gasteiger charge is 2.34. The predicted octanol–water partition coefficient (Wildman–Crippen LogP) is 4.24. The molecule has 2 heterocycles. The molecule has 0 saturated heterocycles. The number of nitrogens with zero attached hydrogens (tertiary/aromatic N) is 3. The fourth-order valence-electron chi connectivity index (χ4n) is 4.43. The number of aliphatic hydroxyl groups is 1. The minimum Gasteiger partial charge on any atom is -0.472 e. The molecule has 1 N–H and O–H groups in total. The molecule has 3 atom stereocenters. The Hall–Kier alpha value is -3.29. The van der Waals surface area contributed by atoms with Crippen LogP contribution in [0.3, 0.4) is 0 Å². The van der Waals surface area contributed by atoms with E-state index in [1.165, 1.54) is 11.6 Å². The number of amides is 1. The third-order valence-electron chi connectivity index (χ3n) is 6.49. The summed E-state index contributed by atoms with van der Waals surface area (Å²) in [4.78, 5) is 21.9. The molecule has 0 unspecified atom stereocenters. The van der Waals surface area contributed by atoms with Crippen LogP contribution in [0.4, 0.5) is 4.39 Å². The quantitative estimate of drug-likeness (QED) is 0.552. The lowest BCUT2D eigenvalue weighted by molar-refractivity contribution is 0.0325. The first-order valence-electron chi connectivity index (χ1n) is 11.9. The molecule has 0 saturated carbocycles. The molecule has 0 fully saturated rings. The van der Waals surface area contributed by atoms with E-state index in [9.17, 15) is 14.3 Å². The molecular weight excluding hydrogens is 445 g/mol. The third-order valence-corrected chi connectivity index (χ3v) is 6.49. The maximum Gasteiger partial charge on any atom is 0.259 e. The lowest BCUT2D eigenvalue weighted by Gasteiger charge is -2.37. The van der Waals surface area contributed by atoms with Gasteiger partial charge in [-0.15, -0.1) is 0 Å². The van der Waals surface area contributed by atoms with Crippen LogP contribution in [0.1, 0.15) is 29.8 Å². The van der Waals surface area contributed by atoms with Crippen LogP contribution in [0.5, 0.6) is 5.88 Å². The molecule has 4 rings (SSSR count). The molecule has 0 aliphatic carbocycles. The zero-order valence-electron chi connectivity index (χ0n) is 20.4. The molecule has 7 heteroatoms. The van der Waals surface area contributed by atoms with Gasteiger partial charge in [-0.05, 0) is 31.7 Å². The summed E-state index contributed by atoms with van der Waals surface area (Å²) in [5.41, 5.74) is 2.34. The van der Waals surface area contributed by atoms with Gasteiger partial charge >= 0.3 is 0 Å². The average Bonchev–Trinajstić information content (AvgIpc) is 2.86. The Bertz CT molecular complexity index is 1160. The minimum atomic E-state index is -0.386. The molecular formula is C28H32FN3O3. The van der Waals surface area contributed by atoms with E-state index >= 15 is 0 Å². The molecule has 0 bridgehead atoms. The minimum absolute atomic E-state index is 0.00707. The summed E-state index contributed by atoms with van der Waals surface area (Å²) in [6.07, 6.45) is 1.30. The van der Waals surface area contributed by atoms with Gasteiger partial charge in [-0.2, -0.15) is 0 Å². The van der Waals surface area contributed by atoms with E-state index in [1.54, 1.807) is 35.4 Å². The van der Waals surface area contributed by atoms with E-state index in [0.29, 0.717) is 24.2 Å². The molecule has 1 aliphatic heterocycles. The third kappa shape index (κ3) is 5.69. The summed E-state index contributed by atoms with van der Waals surface area (Å²) in [5.74, 6) is -0.444. The van der Waals surface area contributed by atoms with Crippen molar-refractivity contribution in [2.75, 3.05) is 26.7 Å². The first-order valence-corrected chi connectivity index (χ1v) is 11.9. The van der Waals surface area contributed by atoms with Crippen LogP contribution in [0.25, 0.3) is 11.1 Å². The zero-order valence-corrected chi connectivity index (χ0v) is 20.4. The van der Waals surface area contributed by atoms with Gasteiger partial charge in [0.2, 0.25) is 5.88 Å². The van der Waals surface area contributed by atoms with E-state index in [2.05, 4.69) is 22.0 Å². The number of rotatable bonds is 7. The summed E-state index contributed by atoms with van der Waals surface area (Å²) in [5, 5.41) is 9.85. The van der Waals surface area contributed by atoms with Gasteiger partial charge in [0, 0.05) is 42.9 Å². The van der Waals surface area contributed by atoms with Gasteiger partial charge in [0.1, 0.15) is 17.5 Å². The first-order chi connectivity index (χ1) is 16.9. The van der Waals surface area contributed by atoms with E-state index in [-0.39, 0.29) is 47.8 Å². The molecule has 1 aliphatic rings. The summed E-state index contributed by atoms with van der Waals surface area (Å²) in [6.45, 7) is 5.51. The van der Waals surface area contributed by atoms with Gasteiger partial charge in [-0.1, -0.05) is 55.5 Å². The molecule has 184 valence electrons. The van der Waals surface area contributed by atoms with Crippen LogP contribution < -0.4 is 4.74 Å². The molecule has 1 aromatic heterocycles. The number of likely N-dealkylation sites (N-methyl/N-ethyl adjacent to an activating group) is 1. The number of ether oxygens (including phenoxy) is 1. The highest BCUT2D eigenvalue weighted by Crippen LogP contribution is 2.31. The van der Waals surface area contributed by atoms with Crippen molar-refractivity contribution in [2.45, 2.75) is 32.5 Å². The number of aromatic nitrogens is 1. The maximum atomic E-state index is 14.5. The van der Waals surface area contributed by atoms with Gasteiger partial charge < -0.3 is 14.7 Å². The number of carbonyl (C=O) groups is 1. The standard InChI is InChI=1S/C28H32FN3O3/c1-19-15-32(20(2)18-33)28(34)24-13-22(23-11-7-8-12-25(23)29)14-30-27(24)35-26(19)17-31(3)16-21-9-5-4-6-10-21/h4-14,19-20,26,33H,15-18H2,1-3H3/t19-,20+,26+/m0/s1. The number of benzene rings is 2. The molecule has 3 aromatic rings. The van der Waals surface area contributed by atoms with Crippen molar-refractivity contribution in [3.05, 3.63) is 83.8 Å². The molecule has 2 aromatic carbocycles. The number of hydrogen-bond acceptors (Lipinski definition) is 5.